The molecule has 22 heavy (non-hydrogen) atoms. The van der Waals surface area contributed by atoms with E-state index in [1.54, 1.807) is 18.2 Å². The van der Waals surface area contributed by atoms with Crippen molar-refractivity contribution >= 4 is 10.0 Å². The number of ether oxygens (including phenoxy) is 1. The summed E-state index contributed by atoms with van der Waals surface area (Å²) in [6, 6.07) is 5.10. The summed E-state index contributed by atoms with van der Waals surface area (Å²) >= 11 is 0. The summed E-state index contributed by atoms with van der Waals surface area (Å²) in [7, 11) is -3.43. The van der Waals surface area contributed by atoms with Gasteiger partial charge in [0.15, 0.2) is 0 Å². The number of hydrogen-bond acceptors (Lipinski definition) is 4. The SMILES string of the molecule is CC1CCCN(CCNS(=O)(=O)c2ccc3c(c2)CCO3)C1. The second kappa shape index (κ2) is 6.56. The quantitative estimate of drug-likeness (QED) is 0.894. The van der Waals surface area contributed by atoms with Gasteiger partial charge in [-0.2, -0.15) is 0 Å². The minimum atomic E-state index is -3.43. The van der Waals surface area contributed by atoms with Crippen LogP contribution in [0, 0.1) is 5.92 Å². The summed E-state index contributed by atoms with van der Waals surface area (Å²) < 4.78 is 32.9. The highest BCUT2D eigenvalue weighted by molar-refractivity contribution is 7.89. The molecule has 0 aromatic heterocycles. The first-order valence-electron chi connectivity index (χ1n) is 8.02. The first-order chi connectivity index (χ1) is 10.5. The highest BCUT2D eigenvalue weighted by Gasteiger charge is 2.20. The molecule has 0 radical (unpaired) electrons. The van der Waals surface area contributed by atoms with Gasteiger partial charge in [0, 0.05) is 26.1 Å². The van der Waals surface area contributed by atoms with Gasteiger partial charge in [-0.25, -0.2) is 13.1 Å². The molecule has 2 heterocycles. The number of fused-ring (bicyclic) bond motifs is 1. The number of benzene rings is 1. The number of nitrogens with one attached hydrogen (secondary N) is 1. The minimum absolute atomic E-state index is 0.337. The topological polar surface area (TPSA) is 58.6 Å². The van der Waals surface area contributed by atoms with E-state index in [-0.39, 0.29) is 0 Å². The van der Waals surface area contributed by atoms with Crippen LogP contribution >= 0.6 is 0 Å². The second-order valence-corrected chi connectivity index (χ2v) is 8.08. The molecule has 2 aliphatic rings. The monoisotopic (exact) mass is 324 g/mol. The molecule has 1 fully saturated rings. The number of likely N-dealkylation sites (tertiary alicyclic amines) is 1. The van der Waals surface area contributed by atoms with E-state index in [2.05, 4.69) is 16.5 Å². The molecule has 0 spiro atoms. The second-order valence-electron chi connectivity index (χ2n) is 6.31. The zero-order chi connectivity index (χ0) is 15.6. The van der Waals surface area contributed by atoms with E-state index >= 15 is 0 Å². The summed E-state index contributed by atoms with van der Waals surface area (Å²) in [5.74, 6) is 1.52. The molecule has 1 atom stereocenters. The van der Waals surface area contributed by atoms with Crippen molar-refractivity contribution in [1.29, 1.82) is 0 Å². The number of piperidine rings is 1. The maximum Gasteiger partial charge on any atom is 0.240 e. The third kappa shape index (κ3) is 3.62. The molecule has 122 valence electrons. The van der Waals surface area contributed by atoms with Gasteiger partial charge in [0.1, 0.15) is 5.75 Å². The van der Waals surface area contributed by atoms with Crippen LogP contribution in [0.3, 0.4) is 0 Å². The number of hydrogen-bond donors (Lipinski definition) is 1. The fourth-order valence-electron chi connectivity index (χ4n) is 3.24. The molecule has 1 unspecified atom stereocenters. The van der Waals surface area contributed by atoms with Crippen molar-refractivity contribution < 1.29 is 13.2 Å². The Hall–Kier alpha value is -1.11. The van der Waals surface area contributed by atoms with Crippen LogP contribution < -0.4 is 9.46 Å². The highest BCUT2D eigenvalue weighted by Crippen LogP contribution is 2.27. The number of rotatable bonds is 5. The van der Waals surface area contributed by atoms with Crippen LogP contribution in [0.4, 0.5) is 0 Å². The van der Waals surface area contributed by atoms with Crippen LogP contribution in [0.25, 0.3) is 0 Å². The van der Waals surface area contributed by atoms with E-state index in [0.29, 0.717) is 24.0 Å². The lowest BCUT2D eigenvalue weighted by Gasteiger charge is -2.30. The fraction of sp³-hybridized carbons (Fsp3) is 0.625. The van der Waals surface area contributed by atoms with Gasteiger partial charge in [-0.15, -0.1) is 0 Å². The molecule has 5 nitrogen and oxygen atoms in total. The average Bonchev–Trinajstić information content (AvgIpc) is 2.94. The van der Waals surface area contributed by atoms with Gasteiger partial charge in [-0.05, 0) is 49.1 Å². The van der Waals surface area contributed by atoms with E-state index < -0.39 is 10.0 Å². The summed E-state index contributed by atoms with van der Waals surface area (Å²) in [4.78, 5) is 2.68. The average molecular weight is 324 g/mol. The summed E-state index contributed by atoms with van der Waals surface area (Å²) in [5.41, 5.74) is 0.979. The van der Waals surface area contributed by atoms with Crippen molar-refractivity contribution in [3.63, 3.8) is 0 Å². The zero-order valence-corrected chi connectivity index (χ0v) is 13.9. The number of nitrogens with zero attached hydrogens (tertiary/aromatic N) is 1. The Morgan fingerprint density at radius 2 is 2.27 bits per heavy atom. The Kier molecular flexibility index (Phi) is 4.70. The first kappa shape index (κ1) is 15.8. The Morgan fingerprint density at radius 3 is 3.09 bits per heavy atom. The third-order valence-electron chi connectivity index (χ3n) is 4.43. The Balaban J connectivity index is 1.57. The van der Waals surface area contributed by atoms with Crippen molar-refractivity contribution in [2.75, 3.05) is 32.8 Å². The standard InChI is InChI=1S/C16H24N2O3S/c1-13-3-2-8-18(12-13)9-7-17-22(19,20)15-4-5-16-14(11-15)6-10-21-16/h4-5,11,13,17H,2-3,6-10,12H2,1H3. The van der Waals surface area contributed by atoms with Gasteiger partial charge in [0.2, 0.25) is 10.0 Å². The van der Waals surface area contributed by atoms with Crippen molar-refractivity contribution in [3.8, 4) is 5.75 Å². The van der Waals surface area contributed by atoms with Crippen LogP contribution in [0.15, 0.2) is 23.1 Å². The van der Waals surface area contributed by atoms with E-state index in [4.69, 9.17) is 4.74 Å². The Labute approximate surface area is 132 Å². The molecule has 1 saturated heterocycles. The molecule has 3 rings (SSSR count). The summed E-state index contributed by atoms with van der Waals surface area (Å²) in [6.07, 6.45) is 3.27. The lowest BCUT2D eigenvalue weighted by atomic mass is 10.0. The minimum Gasteiger partial charge on any atom is -0.493 e. The van der Waals surface area contributed by atoms with Gasteiger partial charge in [-0.3, -0.25) is 0 Å². The number of sulfonamides is 1. The molecule has 6 heteroatoms. The van der Waals surface area contributed by atoms with E-state index in [9.17, 15) is 8.42 Å². The third-order valence-corrected chi connectivity index (χ3v) is 5.89. The first-order valence-corrected chi connectivity index (χ1v) is 9.51. The molecule has 1 aromatic rings. The van der Waals surface area contributed by atoms with Crippen LogP contribution in [0.5, 0.6) is 5.75 Å². The molecule has 0 saturated carbocycles. The summed E-state index contributed by atoms with van der Waals surface area (Å²) in [5, 5.41) is 0. The molecule has 0 amide bonds. The normalized spacial score (nSPS) is 22.3. The maximum absolute atomic E-state index is 12.4. The summed E-state index contributed by atoms with van der Waals surface area (Å²) in [6.45, 7) is 6.27. The molecular formula is C16H24N2O3S. The van der Waals surface area contributed by atoms with E-state index in [0.717, 1.165) is 37.4 Å². The van der Waals surface area contributed by atoms with Crippen molar-refractivity contribution in [1.82, 2.24) is 9.62 Å². The van der Waals surface area contributed by atoms with Crippen LogP contribution in [-0.2, 0) is 16.4 Å². The molecule has 0 aliphatic carbocycles. The van der Waals surface area contributed by atoms with E-state index in [1.807, 2.05) is 0 Å². The van der Waals surface area contributed by atoms with E-state index in [1.165, 1.54) is 12.8 Å². The predicted octanol–water partition coefficient (Wildman–Crippen LogP) is 1.63. The van der Waals surface area contributed by atoms with Crippen LogP contribution in [0.2, 0.25) is 0 Å². The lowest BCUT2D eigenvalue weighted by Crippen LogP contribution is -2.40. The molecule has 0 bridgehead atoms. The molecule has 1 aromatic carbocycles. The Bertz CT molecular complexity index is 630. The van der Waals surface area contributed by atoms with Crippen molar-refractivity contribution in [3.05, 3.63) is 23.8 Å². The maximum atomic E-state index is 12.4. The molecular weight excluding hydrogens is 300 g/mol. The van der Waals surface area contributed by atoms with Gasteiger partial charge >= 0.3 is 0 Å². The van der Waals surface area contributed by atoms with Gasteiger partial charge in [0.25, 0.3) is 0 Å². The van der Waals surface area contributed by atoms with Crippen LogP contribution in [-0.4, -0.2) is 46.1 Å². The molecule has 1 N–H and O–H groups in total. The smallest absolute Gasteiger partial charge is 0.240 e. The van der Waals surface area contributed by atoms with Crippen LogP contribution in [0.1, 0.15) is 25.3 Å². The van der Waals surface area contributed by atoms with Gasteiger partial charge < -0.3 is 9.64 Å². The van der Waals surface area contributed by atoms with Gasteiger partial charge in [0.05, 0.1) is 11.5 Å². The molecule has 2 aliphatic heterocycles. The van der Waals surface area contributed by atoms with Crippen molar-refractivity contribution in [2.45, 2.75) is 31.1 Å². The zero-order valence-electron chi connectivity index (χ0n) is 13.0. The highest BCUT2D eigenvalue weighted by atomic mass is 32.2. The Morgan fingerprint density at radius 1 is 1.41 bits per heavy atom. The lowest BCUT2D eigenvalue weighted by molar-refractivity contribution is 0.187. The largest absolute Gasteiger partial charge is 0.493 e. The van der Waals surface area contributed by atoms with Crippen molar-refractivity contribution in [2.24, 2.45) is 5.92 Å². The predicted molar refractivity (Wildman–Crippen MR) is 85.7 cm³/mol. The van der Waals surface area contributed by atoms with Gasteiger partial charge in [-0.1, -0.05) is 6.92 Å². The fourth-order valence-corrected chi connectivity index (χ4v) is 4.31.